The van der Waals surface area contributed by atoms with Crippen LogP contribution in [0.15, 0.2) is 134 Å². The van der Waals surface area contributed by atoms with Crippen LogP contribution in [-0.2, 0) is 32.7 Å². The molecule has 0 aliphatic carbocycles. The lowest BCUT2D eigenvalue weighted by Crippen LogP contribution is -2.29. The molecule has 0 aromatic carbocycles. The lowest BCUT2D eigenvalue weighted by Gasteiger charge is -2.19. The maximum Gasteiger partial charge on any atom is 0.472 e. The Morgan fingerprint density at radius 3 is 1.14 bits per heavy atom. The van der Waals surface area contributed by atoms with Crippen molar-refractivity contribution in [3.05, 3.63) is 134 Å². The summed E-state index contributed by atoms with van der Waals surface area (Å²) in [7, 11) is -4.41. The number of unbranched alkanes of at least 4 members (excludes halogenated alkanes) is 17. The quantitative estimate of drug-likeness (QED) is 0.0264. The van der Waals surface area contributed by atoms with E-state index in [4.69, 9.17) is 24.3 Å². The van der Waals surface area contributed by atoms with Gasteiger partial charge >= 0.3 is 19.8 Å². The van der Waals surface area contributed by atoms with Crippen LogP contribution in [-0.4, -0.2) is 49.3 Å². The minimum Gasteiger partial charge on any atom is -0.462 e. The molecule has 73 heavy (non-hydrogen) atoms. The number of rotatable bonds is 52. The molecule has 0 amide bonds. The first-order chi connectivity index (χ1) is 35.8. The summed E-state index contributed by atoms with van der Waals surface area (Å²) in [5, 5.41) is 0. The Morgan fingerprint density at radius 1 is 0.425 bits per heavy atom. The lowest BCUT2D eigenvalue weighted by atomic mass is 10.1. The molecule has 0 spiro atoms. The second-order valence-corrected chi connectivity index (χ2v) is 19.9. The molecule has 9 nitrogen and oxygen atoms in total. The highest BCUT2D eigenvalue weighted by atomic mass is 31.2. The summed E-state index contributed by atoms with van der Waals surface area (Å²) in [4.78, 5) is 35.2. The van der Waals surface area contributed by atoms with E-state index in [1.165, 1.54) is 70.6 Å². The first-order valence-corrected chi connectivity index (χ1v) is 30.2. The van der Waals surface area contributed by atoms with E-state index >= 15 is 0 Å². The molecule has 0 rings (SSSR count). The van der Waals surface area contributed by atoms with Crippen molar-refractivity contribution in [2.75, 3.05) is 26.4 Å². The van der Waals surface area contributed by atoms with Crippen LogP contribution in [0.2, 0.25) is 0 Å². The highest BCUT2D eigenvalue weighted by Gasteiger charge is 2.26. The summed E-state index contributed by atoms with van der Waals surface area (Å²) >= 11 is 0. The van der Waals surface area contributed by atoms with Crippen LogP contribution < -0.4 is 5.73 Å². The molecule has 2 unspecified atom stereocenters. The van der Waals surface area contributed by atoms with E-state index in [1.807, 2.05) is 0 Å². The van der Waals surface area contributed by atoms with Gasteiger partial charge in [0.25, 0.3) is 0 Å². The second kappa shape index (κ2) is 57.4. The maximum absolute atomic E-state index is 12.7. The van der Waals surface area contributed by atoms with Gasteiger partial charge in [0.2, 0.25) is 0 Å². The number of allylic oxidation sites excluding steroid dienone is 22. The Morgan fingerprint density at radius 2 is 0.753 bits per heavy atom. The molecule has 0 saturated carbocycles. The fourth-order valence-electron chi connectivity index (χ4n) is 7.30. The zero-order valence-corrected chi connectivity index (χ0v) is 47.0. The number of carbonyl (C=O) groups is 2. The zero-order chi connectivity index (χ0) is 53.1. The van der Waals surface area contributed by atoms with Crippen LogP contribution in [0.3, 0.4) is 0 Å². The van der Waals surface area contributed by atoms with Crippen LogP contribution >= 0.6 is 7.82 Å². The molecule has 0 aliphatic rings. The Bertz CT molecular complexity index is 1650. The van der Waals surface area contributed by atoms with Crippen molar-refractivity contribution >= 4 is 19.8 Å². The predicted octanol–water partition coefficient (Wildman–Crippen LogP) is 18.2. The Kier molecular flexibility index (Phi) is 54.4. The van der Waals surface area contributed by atoms with Gasteiger partial charge in [-0.15, -0.1) is 0 Å². The molecular formula is C63H104NO8P. The summed E-state index contributed by atoms with van der Waals surface area (Å²) in [6.45, 7) is 3.56. The van der Waals surface area contributed by atoms with Crippen molar-refractivity contribution in [1.82, 2.24) is 0 Å². The summed E-state index contributed by atoms with van der Waals surface area (Å²) in [5.74, 6) is -0.880. The molecule has 0 bridgehead atoms. The smallest absolute Gasteiger partial charge is 0.462 e. The van der Waals surface area contributed by atoms with Gasteiger partial charge in [-0.1, -0.05) is 225 Å². The van der Waals surface area contributed by atoms with Gasteiger partial charge in [0.15, 0.2) is 6.10 Å². The number of carbonyl (C=O) groups excluding carboxylic acids is 2. The van der Waals surface area contributed by atoms with E-state index in [-0.39, 0.29) is 32.6 Å². The van der Waals surface area contributed by atoms with Crippen molar-refractivity contribution < 1.29 is 37.6 Å². The molecule has 0 saturated heterocycles. The van der Waals surface area contributed by atoms with E-state index in [0.29, 0.717) is 6.42 Å². The number of esters is 2. The monoisotopic (exact) mass is 1030 g/mol. The summed E-state index contributed by atoms with van der Waals surface area (Å²) < 4.78 is 33.0. The van der Waals surface area contributed by atoms with Crippen LogP contribution in [0.1, 0.15) is 219 Å². The van der Waals surface area contributed by atoms with Gasteiger partial charge in [-0.3, -0.25) is 18.6 Å². The summed E-state index contributed by atoms with van der Waals surface area (Å²) in [5.41, 5.74) is 5.38. The molecule has 0 aromatic heterocycles. The van der Waals surface area contributed by atoms with Crippen LogP contribution in [0.4, 0.5) is 0 Å². The second-order valence-electron chi connectivity index (χ2n) is 18.4. The average molecular weight is 1030 g/mol. The SMILES string of the molecule is CC/C=C\C/C=C\C/C=C\C/C=C\C/C=C\C/C=C\C/C=C\C/C=C\C/C=C\CCCCCC(=O)OC(COC(=O)CCCCCCCCCCC/C=C\C/C=C\CCCCCCC)COP(=O)(O)OCCN. The topological polar surface area (TPSA) is 134 Å². The standard InChI is InChI=1S/C63H104NO8P/c1-3-5-7-9-11-13-15-17-19-21-23-25-26-27-28-29-30-31-32-33-34-36-38-40-42-44-46-48-50-52-54-56-63(66)72-61(60-71-73(67,68)70-58-57-64)59-69-62(65)55-53-51-49-47-45-43-41-39-37-35-24-22-20-18-16-14-12-10-8-6-4-2/h5,7,11,13,16-19,22-25,27-28,30-31,33-34,38,40,44,46,61H,3-4,6,8-10,12,14-15,20-21,26,29,32,35-37,39,41-43,45,47-60,64H2,1-2H3,(H,67,68)/b7-5-,13-11-,18-16-,19-17-,24-22-,25-23-,28-27-,31-30-,34-33-,40-38-,46-44-. The normalized spacial score (nSPS) is 14.1. The highest BCUT2D eigenvalue weighted by Crippen LogP contribution is 2.43. The molecular weight excluding hydrogens is 930 g/mol. The number of phosphoric ester groups is 1. The lowest BCUT2D eigenvalue weighted by molar-refractivity contribution is -0.161. The number of phosphoric acid groups is 1. The fourth-order valence-corrected chi connectivity index (χ4v) is 8.07. The Balaban J connectivity index is 4.13. The molecule has 0 fully saturated rings. The number of hydrogen-bond acceptors (Lipinski definition) is 8. The van der Waals surface area contributed by atoms with E-state index < -0.39 is 32.5 Å². The predicted molar refractivity (Wildman–Crippen MR) is 311 cm³/mol. The van der Waals surface area contributed by atoms with E-state index in [1.54, 1.807) is 0 Å². The zero-order valence-electron chi connectivity index (χ0n) is 46.1. The fraction of sp³-hybridized carbons (Fsp3) is 0.619. The van der Waals surface area contributed by atoms with Crippen molar-refractivity contribution in [1.29, 1.82) is 0 Å². The van der Waals surface area contributed by atoms with Gasteiger partial charge in [0.05, 0.1) is 13.2 Å². The third kappa shape index (κ3) is 57.3. The molecule has 0 heterocycles. The molecule has 3 N–H and O–H groups in total. The van der Waals surface area contributed by atoms with Crippen LogP contribution in [0.25, 0.3) is 0 Å². The molecule has 0 radical (unpaired) electrons. The maximum atomic E-state index is 12.7. The van der Waals surface area contributed by atoms with Gasteiger partial charge in [-0.25, -0.2) is 4.57 Å². The number of nitrogens with two attached hydrogens (primary N) is 1. The molecule has 0 aliphatic heterocycles. The van der Waals surface area contributed by atoms with Crippen molar-refractivity contribution in [2.45, 2.75) is 225 Å². The summed E-state index contributed by atoms with van der Waals surface area (Å²) in [6.07, 6.45) is 80.7. The molecule has 0 aromatic rings. The first-order valence-electron chi connectivity index (χ1n) is 28.7. The molecule has 2 atom stereocenters. The third-order valence-electron chi connectivity index (χ3n) is 11.5. The largest absolute Gasteiger partial charge is 0.472 e. The minimum absolute atomic E-state index is 0.0396. The molecule has 414 valence electrons. The number of hydrogen-bond donors (Lipinski definition) is 2. The van der Waals surface area contributed by atoms with Gasteiger partial charge in [-0.05, 0) is 116 Å². The van der Waals surface area contributed by atoms with Gasteiger partial charge < -0.3 is 20.1 Å². The third-order valence-corrected chi connectivity index (χ3v) is 12.5. The van der Waals surface area contributed by atoms with E-state index in [2.05, 4.69) is 148 Å². The number of ether oxygens (including phenoxy) is 2. The Hall–Kier alpha value is -3.85. The van der Waals surface area contributed by atoms with E-state index in [0.717, 1.165) is 116 Å². The van der Waals surface area contributed by atoms with E-state index in [9.17, 15) is 19.0 Å². The van der Waals surface area contributed by atoms with Crippen LogP contribution in [0, 0.1) is 0 Å². The highest BCUT2D eigenvalue weighted by molar-refractivity contribution is 7.47. The Labute approximate surface area is 446 Å². The van der Waals surface area contributed by atoms with Crippen molar-refractivity contribution in [3.63, 3.8) is 0 Å². The summed E-state index contributed by atoms with van der Waals surface area (Å²) in [6, 6.07) is 0. The average Bonchev–Trinajstić information content (AvgIpc) is 3.38. The first kappa shape index (κ1) is 69.2. The van der Waals surface area contributed by atoms with Crippen molar-refractivity contribution in [2.24, 2.45) is 5.73 Å². The van der Waals surface area contributed by atoms with Crippen LogP contribution in [0.5, 0.6) is 0 Å². The molecule has 10 heteroatoms. The van der Waals surface area contributed by atoms with Gasteiger partial charge in [0.1, 0.15) is 6.61 Å². The minimum atomic E-state index is -4.41. The van der Waals surface area contributed by atoms with Crippen molar-refractivity contribution in [3.8, 4) is 0 Å². The van der Waals surface area contributed by atoms with Gasteiger partial charge in [0, 0.05) is 19.4 Å². The van der Waals surface area contributed by atoms with Gasteiger partial charge in [-0.2, -0.15) is 0 Å².